The second-order valence-electron chi connectivity index (χ2n) is 5.37. The second-order valence-corrected chi connectivity index (χ2v) is 5.37. The molecule has 19 heavy (non-hydrogen) atoms. The third kappa shape index (κ3) is 2.77. The number of carbonyl (C=O) groups excluding carboxylic acids is 1. The van der Waals surface area contributed by atoms with Gasteiger partial charge in [0.15, 0.2) is 0 Å². The number of amides is 1. The summed E-state index contributed by atoms with van der Waals surface area (Å²) in [7, 11) is 0. The highest BCUT2D eigenvalue weighted by Crippen LogP contribution is 2.30. The molecule has 2 unspecified atom stereocenters. The summed E-state index contributed by atoms with van der Waals surface area (Å²) in [6.45, 7) is 1.57. The topological polar surface area (TPSA) is 68.5 Å². The first-order valence-electron chi connectivity index (χ1n) is 6.78. The number of nitrogens with zero attached hydrogens (tertiary/aromatic N) is 2. The van der Waals surface area contributed by atoms with E-state index in [1.54, 1.807) is 6.20 Å². The van der Waals surface area contributed by atoms with Gasteiger partial charge in [0, 0.05) is 31.0 Å². The van der Waals surface area contributed by atoms with E-state index in [4.69, 9.17) is 10.5 Å². The Morgan fingerprint density at radius 2 is 2.32 bits per heavy atom. The van der Waals surface area contributed by atoms with E-state index in [1.165, 1.54) is 0 Å². The third-order valence-electron chi connectivity index (χ3n) is 3.79. The van der Waals surface area contributed by atoms with Crippen LogP contribution >= 0.6 is 0 Å². The monoisotopic (exact) mass is 261 g/mol. The van der Waals surface area contributed by atoms with Crippen molar-refractivity contribution in [3.05, 3.63) is 30.1 Å². The Labute approximate surface area is 112 Å². The number of pyridine rings is 1. The smallest absolute Gasteiger partial charge is 0.230 e. The van der Waals surface area contributed by atoms with Crippen LogP contribution in [0.25, 0.3) is 0 Å². The summed E-state index contributed by atoms with van der Waals surface area (Å²) in [6, 6.07) is 4.11. The minimum atomic E-state index is -0.183. The lowest BCUT2D eigenvalue weighted by molar-refractivity contribution is -0.137. The van der Waals surface area contributed by atoms with Crippen molar-refractivity contribution in [2.45, 2.75) is 31.5 Å². The third-order valence-corrected chi connectivity index (χ3v) is 3.79. The lowest BCUT2D eigenvalue weighted by atomic mass is 10.0. The Bertz CT molecular complexity index is 447. The van der Waals surface area contributed by atoms with Gasteiger partial charge in [0.2, 0.25) is 5.91 Å². The molecule has 2 fully saturated rings. The Morgan fingerprint density at radius 1 is 1.47 bits per heavy atom. The van der Waals surface area contributed by atoms with Crippen LogP contribution in [0.3, 0.4) is 0 Å². The predicted octanol–water partition coefficient (Wildman–Crippen LogP) is 0.546. The van der Waals surface area contributed by atoms with Gasteiger partial charge >= 0.3 is 0 Å². The molecule has 1 aliphatic heterocycles. The molecule has 2 atom stereocenters. The lowest BCUT2D eigenvalue weighted by Crippen LogP contribution is -2.44. The van der Waals surface area contributed by atoms with E-state index in [-0.39, 0.29) is 17.9 Å². The van der Waals surface area contributed by atoms with Crippen molar-refractivity contribution in [2.75, 3.05) is 13.2 Å². The van der Waals surface area contributed by atoms with Crippen molar-refractivity contribution >= 4 is 5.91 Å². The van der Waals surface area contributed by atoms with Crippen LogP contribution in [0.4, 0.5) is 0 Å². The fraction of sp³-hybridized carbons (Fsp3) is 0.571. The molecule has 102 valence electrons. The van der Waals surface area contributed by atoms with Gasteiger partial charge in [0.25, 0.3) is 0 Å². The van der Waals surface area contributed by atoms with Crippen molar-refractivity contribution in [3.8, 4) is 0 Å². The predicted molar refractivity (Wildman–Crippen MR) is 70.1 cm³/mol. The van der Waals surface area contributed by atoms with Gasteiger partial charge in [-0.15, -0.1) is 0 Å². The number of aromatic nitrogens is 1. The highest BCUT2D eigenvalue weighted by atomic mass is 16.5. The summed E-state index contributed by atoms with van der Waals surface area (Å²) in [6.07, 6.45) is 5.74. The zero-order chi connectivity index (χ0) is 13.2. The largest absolute Gasteiger partial charge is 0.379 e. The van der Waals surface area contributed by atoms with Crippen LogP contribution in [0.2, 0.25) is 0 Å². The number of carbonyl (C=O) groups is 1. The van der Waals surface area contributed by atoms with Gasteiger partial charge in [0.1, 0.15) is 0 Å². The minimum Gasteiger partial charge on any atom is -0.379 e. The maximum absolute atomic E-state index is 12.6. The van der Waals surface area contributed by atoms with Crippen LogP contribution in [-0.2, 0) is 16.1 Å². The molecule has 1 aromatic heterocycles. The zero-order valence-electron chi connectivity index (χ0n) is 10.9. The molecule has 0 bridgehead atoms. The van der Waals surface area contributed by atoms with Crippen LogP contribution in [-0.4, -0.2) is 41.1 Å². The van der Waals surface area contributed by atoms with Crippen LogP contribution in [0.1, 0.15) is 18.4 Å². The Hall–Kier alpha value is -1.46. The number of hydrogen-bond donors (Lipinski definition) is 1. The fourth-order valence-electron chi connectivity index (χ4n) is 2.50. The standard InChI is InChI=1S/C14H19N3O2/c15-13-9-19-8-12(13)14(18)17(11-3-4-11)7-10-2-1-5-16-6-10/h1-2,5-6,11-13H,3-4,7-9,15H2. The van der Waals surface area contributed by atoms with Crippen molar-refractivity contribution < 1.29 is 9.53 Å². The Morgan fingerprint density at radius 3 is 2.89 bits per heavy atom. The molecule has 1 aromatic rings. The van der Waals surface area contributed by atoms with Gasteiger partial charge in [-0.05, 0) is 24.5 Å². The molecule has 2 aliphatic rings. The molecule has 5 nitrogen and oxygen atoms in total. The molecule has 3 rings (SSSR count). The molecule has 1 aliphatic carbocycles. The molecule has 2 N–H and O–H groups in total. The van der Waals surface area contributed by atoms with Gasteiger partial charge in [-0.1, -0.05) is 6.07 Å². The maximum atomic E-state index is 12.6. The normalized spacial score (nSPS) is 26.4. The Kier molecular flexibility index (Phi) is 3.48. The van der Waals surface area contributed by atoms with Crippen molar-refractivity contribution in [1.29, 1.82) is 0 Å². The van der Waals surface area contributed by atoms with E-state index in [0.717, 1.165) is 18.4 Å². The van der Waals surface area contributed by atoms with Crippen molar-refractivity contribution in [1.82, 2.24) is 9.88 Å². The van der Waals surface area contributed by atoms with Gasteiger partial charge in [-0.3, -0.25) is 9.78 Å². The van der Waals surface area contributed by atoms with Crippen molar-refractivity contribution in [3.63, 3.8) is 0 Å². The Balaban J connectivity index is 1.72. The van der Waals surface area contributed by atoms with E-state index >= 15 is 0 Å². The summed E-state index contributed by atoms with van der Waals surface area (Å²) in [5.74, 6) is -0.0476. The molecule has 0 aromatic carbocycles. The first kappa shape index (κ1) is 12.6. The molecule has 1 saturated carbocycles. The quantitative estimate of drug-likeness (QED) is 0.859. The molecular formula is C14H19N3O2. The van der Waals surface area contributed by atoms with Crippen LogP contribution < -0.4 is 5.73 Å². The van der Waals surface area contributed by atoms with E-state index in [0.29, 0.717) is 25.8 Å². The summed E-state index contributed by atoms with van der Waals surface area (Å²) < 4.78 is 5.31. The average molecular weight is 261 g/mol. The number of hydrogen-bond acceptors (Lipinski definition) is 4. The zero-order valence-corrected chi connectivity index (χ0v) is 10.9. The molecule has 1 saturated heterocycles. The highest BCUT2D eigenvalue weighted by Gasteiger charge is 2.40. The van der Waals surface area contributed by atoms with E-state index < -0.39 is 0 Å². The number of rotatable bonds is 4. The molecule has 5 heteroatoms. The molecule has 0 radical (unpaired) electrons. The molecular weight excluding hydrogens is 242 g/mol. The summed E-state index contributed by atoms with van der Waals surface area (Å²) in [4.78, 5) is 18.6. The average Bonchev–Trinajstić information content (AvgIpc) is 3.18. The summed E-state index contributed by atoms with van der Waals surface area (Å²) in [5, 5.41) is 0. The SMILES string of the molecule is NC1COCC1C(=O)N(Cc1cccnc1)C1CC1. The first-order chi connectivity index (χ1) is 9.25. The van der Waals surface area contributed by atoms with Crippen LogP contribution in [0.15, 0.2) is 24.5 Å². The van der Waals surface area contributed by atoms with E-state index in [2.05, 4.69) is 4.98 Å². The maximum Gasteiger partial charge on any atom is 0.230 e. The van der Waals surface area contributed by atoms with Gasteiger partial charge in [-0.25, -0.2) is 0 Å². The van der Waals surface area contributed by atoms with Gasteiger partial charge in [-0.2, -0.15) is 0 Å². The fourth-order valence-corrected chi connectivity index (χ4v) is 2.50. The van der Waals surface area contributed by atoms with E-state index in [1.807, 2.05) is 23.2 Å². The van der Waals surface area contributed by atoms with Crippen LogP contribution in [0, 0.1) is 5.92 Å². The van der Waals surface area contributed by atoms with Gasteiger partial charge < -0.3 is 15.4 Å². The lowest BCUT2D eigenvalue weighted by Gasteiger charge is -2.26. The van der Waals surface area contributed by atoms with E-state index in [9.17, 15) is 4.79 Å². The van der Waals surface area contributed by atoms with Gasteiger partial charge in [0.05, 0.1) is 19.1 Å². The molecule has 1 amide bonds. The summed E-state index contributed by atoms with van der Waals surface area (Å²) >= 11 is 0. The first-order valence-corrected chi connectivity index (χ1v) is 6.78. The molecule has 2 heterocycles. The highest BCUT2D eigenvalue weighted by molar-refractivity contribution is 5.80. The minimum absolute atomic E-state index is 0.136. The summed E-state index contributed by atoms with van der Waals surface area (Å²) in [5.41, 5.74) is 7.01. The van der Waals surface area contributed by atoms with Crippen LogP contribution in [0.5, 0.6) is 0 Å². The molecule has 0 spiro atoms. The number of nitrogens with two attached hydrogens (primary N) is 1. The number of ether oxygens (including phenoxy) is 1. The van der Waals surface area contributed by atoms with Crippen molar-refractivity contribution in [2.24, 2.45) is 11.7 Å². The second kappa shape index (κ2) is 5.27.